The first-order chi connectivity index (χ1) is 10.2. The Bertz CT molecular complexity index is 675. The quantitative estimate of drug-likeness (QED) is 0.915. The Labute approximate surface area is 124 Å². The maximum Gasteiger partial charge on any atom is 0.144 e. The zero-order valence-electron chi connectivity index (χ0n) is 12.3. The number of aromatic nitrogens is 1. The summed E-state index contributed by atoms with van der Waals surface area (Å²) in [6.07, 6.45) is 2.46. The molecule has 0 spiro atoms. The SMILES string of the molecule is CCc1c(CO)cnc(C)c1OCc1cccc(C#N)c1. The molecule has 0 fully saturated rings. The molecule has 0 aliphatic rings. The highest BCUT2D eigenvalue weighted by Gasteiger charge is 2.12. The molecule has 0 saturated heterocycles. The third kappa shape index (κ3) is 3.39. The Morgan fingerprint density at radius 1 is 1.38 bits per heavy atom. The molecule has 0 unspecified atom stereocenters. The average molecular weight is 282 g/mol. The number of hydrogen-bond donors (Lipinski definition) is 1. The van der Waals surface area contributed by atoms with Crippen molar-refractivity contribution in [3.63, 3.8) is 0 Å². The molecule has 4 heteroatoms. The van der Waals surface area contributed by atoms with Gasteiger partial charge in [-0.05, 0) is 31.0 Å². The van der Waals surface area contributed by atoms with Crippen molar-refractivity contribution >= 4 is 0 Å². The van der Waals surface area contributed by atoms with E-state index in [-0.39, 0.29) is 6.61 Å². The second-order valence-electron chi connectivity index (χ2n) is 4.79. The molecule has 1 aromatic heterocycles. The van der Waals surface area contributed by atoms with Crippen LogP contribution in [0.4, 0.5) is 0 Å². The van der Waals surface area contributed by atoms with Gasteiger partial charge in [-0.2, -0.15) is 5.26 Å². The lowest BCUT2D eigenvalue weighted by molar-refractivity contribution is 0.273. The molecule has 0 amide bonds. The molecule has 0 saturated carbocycles. The number of aryl methyl sites for hydroxylation is 1. The van der Waals surface area contributed by atoms with E-state index in [9.17, 15) is 5.11 Å². The lowest BCUT2D eigenvalue weighted by Crippen LogP contribution is -2.05. The van der Waals surface area contributed by atoms with Crippen LogP contribution in [0.3, 0.4) is 0 Å². The van der Waals surface area contributed by atoms with Gasteiger partial charge in [-0.15, -0.1) is 0 Å². The topological polar surface area (TPSA) is 66.1 Å². The number of pyridine rings is 1. The van der Waals surface area contributed by atoms with Crippen molar-refractivity contribution in [2.45, 2.75) is 33.5 Å². The number of nitriles is 1. The molecule has 1 N–H and O–H groups in total. The van der Waals surface area contributed by atoms with E-state index in [4.69, 9.17) is 10.00 Å². The Balaban J connectivity index is 2.25. The Kier molecular flexibility index (Phi) is 4.91. The normalized spacial score (nSPS) is 10.2. The maximum absolute atomic E-state index is 9.39. The summed E-state index contributed by atoms with van der Waals surface area (Å²) in [4.78, 5) is 4.27. The number of aliphatic hydroxyl groups excluding tert-OH is 1. The summed E-state index contributed by atoms with van der Waals surface area (Å²) < 4.78 is 5.90. The summed E-state index contributed by atoms with van der Waals surface area (Å²) in [7, 11) is 0. The molecule has 21 heavy (non-hydrogen) atoms. The number of benzene rings is 1. The smallest absolute Gasteiger partial charge is 0.144 e. The summed E-state index contributed by atoms with van der Waals surface area (Å²) in [6.45, 7) is 4.25. The van der Waals surface area contributed by atoms with E-state index in [1.807, 2.05) is 32.0 Å². The Morgan fingerprint density at radius 2 is 2.19 bits per heavy atom. The van der Waals surface area contributed by atoms with Crippen LogP contribution in [-0.2, 0) is 19.6 Å². The summed E-state index contributed by atoms with van der Waals surface area (Å²) >= 11 is 0. The van der Waals surface area contributed by atoms with Crippen molar-refractivity contribution in [2.75, 3.05) is 0 Å². The fraction of sp³-hybridized carbons (Fsp3) is 0.294. The predicted molar refractivity (Wildman–Crippen MR) is 79.8 cm³/mol. The molecule has 0 radical (unpaired) electrons. The molecule has 0 aliphatic heterocycles. The van der Waals surface area contributed by atoms with Gasteiger partial charge in [0.05, 0.1) is 23.9 Å². The van der Waals surface area contributed by atoms with Crippen LogP contribution in [0.15, 0.2) is 30.5 Å². The maximum atomic E-state index is 9.39. The molecule has 0 atom stereocenters. The highest BCUT2D eigenvalue weighted by molar-refractivity contribution is 5.42. The zero-order valence-corrected chi connectivity index (χ0v) is 12.3. The third-order valence-electron chi connectivity index (χ3n) is 3.37. The van der Waals surface area contributed by atoms with Crippen LogP contribution in [0.2, 0.25) is 0 Å². The van der Waals surface area contributed by atoms with Gasteiger partial charge in [-0.3, -0.25) is 4.98 Å². The van der Waals surface area contributed by atoms with Crippen LogP contribution in [0.5, 0.6) is 5.75 Å². The number of hydrogen-bond acceptors (Lipinski definition) is 4. The molecule has 1 heterocycles. The second kappa shape index (κ2) is 6.87. The van der Waals surface area contributed by atoms with Crippen molar-refractivity contribution in [1.29, 1.82) is 5.26 Å². The first-order valence-electron chi connectivity index (χ1n) is 6.89. The van der Waals surface area contributed by atoms with Crippen molar-refractivity contribution in [3.8, 4) is 11.8 Å². The highest BCUT2D eigenvalue weighted by atomic mass is 16.5. The largest absolute Gasteiger partial charge is 0.487 e. The van der Waals surface area contributed by atoms with Crippen LogP contribution in [0, 0.1) is 18.3 Å². The number of aliphatic hydroxyl groups is 1. The molecule has 0 bridgehead atoms. The lowest BCUT2D eigenvalue weighted by Gasteiger charge is -2.15. The lowest BCUT2D eigenvalue weighted by atomic mass is 10.1. The molecule has 2 rings (SSSR count). The Hall–Kier alpha value is -2.38. The van der Waals surface area contributed by atoms with E-state index in [2.05, 4.69) is 11.1 Å². The fourth-order valence-electron chi connectivity index (χ4n) is 2.28. The first-order valence-corrected chi connectivity index (χ1v) is 6.89. The summed E-state index contributed by atoms with van der Waals surface area (Å²) in [5, 5.41) is 18.3. The van der Waals surface area contributed by atoms with Gasteiger partial charge in [-0.25, -0.2) is 0 Å². The third-order valence-corrected chi connectivity index (χ3v) is 3.37. The Morgan fingerprint density at radius 3 is 2.86 bits per heavy atom. The molecule has 108 valence electrons. The van der Waals surface area contributed by atoms with Crippen LogP contribution in [0.25, 0.3) is 0 Å². The van der Waals surface area contributed by atoms with Crippen LogP contribution in [-0.4, -0.2) is 10.1 Å². The van der Waals surface area contributed by atoms with Gasteiger partial charge in [0.25, 0.3) is 0 Å². The molecule has 4 nitrogen and oxygen atoms in total. The van der Waals surface area contributed by atoms with Crippen molar-refractivity contribution in [1.82, 2.24) is 4.98 Å². The van der Waals surface area contributed by atoms with Crippen LogP contribution in [0.1, 0.15) is 34.9 Å². The average Bonchev–Trinajstić information content (AvgIpc) is 2.53. The summed E-state index contributed by atoms with van der Waals surface area (Å²) in [6, 6.07) is 9.45. The van der Waals surface area contributed by atoms with Gasteiger partial charge >= 0.3 is 0 Å². The number of ether oxygens (including phenoxy) is 1. The van der Waals surface area contributed by atoms with Crippen molar-refractivity contribution < 1.29 is 9.84 Å². The van der Waals surface area contributed by atoms with Gasteiger partial charge in [0.15, 0.2) is 0 Å². The van der Waals surface area contributed by atoms with Gasteiger partial charge in [0.1, 0.15) is 12.4 Å². The minimum atomic E-state index is -0.0449. The van der Waals surface area contributed by atoms with E-state index < -0.39 is 0 Å². The van der Waals surface area contributed by atoms with Gasteiger partial charge in [-0.1, -0.05) is 19.1 Å². The summed E-state index contributed by atoms with van der Waals surface area (Å²) in [5.41, 5.74) is 4.14. The number of rotatable bonds is 5. The van der Waals surface area contributed by atoms with Gasteiger partial charge < -0.3 is 9.84 Å². The van der Waals surface area contributed by atoms with E-state index in [1.165, 1.54) is 0 Å². The zero-order chi connectivity index (χ0) is 15.2. The molecule has 2 aromatic rings. The molecule has 0 aliphatic carbocycles. The van der Waals surface area contributed by atoms with E-state index in [0.717, 1.165) is 34.6 Å². The fourth-order valence-corrected chi connectivity index (χ4v) is 2.28. The van der Waals surface area contributed by atoms with E-state index in [0.29, 0.717) is 12.2 Å². The summed E-state index contributed by atoms with van der Waals surface area (Å²) in [5.74, 6) is 0.728. The van der Waals surface area contributed by atoms with E-state index in [1.54, 1.807) is 12.3 Å². The van der Waals surface area contributed by atoms with Crippen LogP contribution >= 0.6 is 0 Å². The standard InChI is InChI=1S/C17H18N2O2/c1-3-16-15(10-20)9-19-12(2)17(16)21-11-14-6-4-5-13(7-14)8-18/h4-7,9,20H,3,10-11H2,1-2H3. The molecular weight excluding hydrogens is 264 g/mol. The van der Waals surface area contributed by atoms with Gasteiger partial charge in [0, 0.05) is 17.3 Å². The minimum Gasteiger partial charge on any atom is -0.487 e. The monoisotopic (exact) mass is 282 g/mol. The van der Waals surface area contributed by atoms with Crippen molar-refractivity contribution in [2.24, 2.45) is 0 Å². The number of nitrogens with zero attached hydrogens (tertiary/aromatic N) is 2. The highest BCUT2D eigenvalue weighted by Crippen LogP contribution is 2.27. The van der Waals surface area contributed by atoms with Crippen LogP contribution < -0.4 is 4.74 Å². The first kappa shape index (κ1) is 15.0. The molecule has 1 aromatic carbocycles. The predicted octanol–water partition coefficient (Wildman–Crippen LogP) is 2.90. The van der Waals surface area contributed by atoms with E-state index >= 15 is 0 Å². The van der Waals surface area contributed by atoms with Crippen molar-refractivity contribution in [3.05, 3.63) is 58.4 Å². The van der Waals surface area contributed by atoms with Gasteiger partial charge in [0.2, 0.25) is 0 Å². The minimum absolute atomic E-state index is 0.0449. The molecular formula is C17H18N2O2. The second-order valence-corrected chi connectivity index (χ2v) is 4.79.